The Morgan fingerprint density at radius 2 is 2.00 bits per heavy atom. The molecule has 8 heteroatoms. The molecule has 1 aromatic rings. The van der Waals surface area contributed by atoms with Crippen molar-refractivity contribution in [2.24, 2.45) is 11.8 Å². The number of halogens is 3. The van der Waals surface area contributed by atoms with Crippen LogP contribution in [0.5, 0.6) is 0 Å². The summed E-state index contributed by atoms with van der Waals surface area (Å²) in [6.45, 7) is 1.21. The van der Waals surface area contributed by atoms with Crippen LogP contribution in [0, 0.1) is 18.8 Å². The molecule has 0 amide bonds. The van der Waals surface area contributed by atoms with Gasteiger partial charge in [-0.1, -0.05) is 0 Å². The number of aryl methyl sites for hydroxylation is 1. The lowest BCUT2D eigenvalue weighted by molar-refractivity contribution is -0.187. The van der Waals surface area contributed by atoms with E-state index in [9.17, 15) is 18.0 Å². The molecule has 120 valence electrons. The fraction of sp³-hybridized carbons (Fsp3) is 0.643. The molecule has 0 unspecified atom stereocenters. The lowest BCUT2D eigenvalue weighted by Gasteiger charge is -2.19. The van der Waals surface area contributed by atoms with Crippen LogP contribution in [0.2, 0.25) is 0 Å². The molecule has 2 heterocycles. The van der Waals surface area contributed by atoms with E-state index >= 15 is 0 Å². The number of anilines is 1. The Bertz CT molecular complexity index is 601. The maximum Gasteiger partial charge on any atom is 0.394 e. The number of aliphatic carboxylic acids is 1. The van der Waals surface area contributed by atoms with E-state index in [4.69, 9.17) is 5.11 Å². The first-order valence-corrected chi connectivity index (χ1v) is 7.15. The Morgan fingerprint density at radius 3 is 2.50 bits per heavy atom. The summed E-state index contributed by atoms with van der Waals surface area (Å²) in [6.07, 6.45) is -2.54. The van der Waals surface area contributed by atoms with Crippen molar-refractivity contribution < 1.29 is 23.1 Å². The summed E-state index contributed by atoms with van der Waals surface area (Å²) >= 11 is 0. The molecule has 0 radical (unpaired) electrons. The van der Waals surface area contributed by atoms with Gasteiger partial charge in [0, 0.05) is 30.8 Å². The van der Waals surface area contributed by atoms with Crippen LogP contribution < -0.4 is 4.90 Å². The molecule has 0 bridgehead atoms. The average Bonchev–Trinajstić information content (AvgIpc) is 3.14. The van der Waals surface area contributed by atoms with Gasteiger partial charge in [-0.05, 0) is 19.8 Å². The van der Waals surface area contributed by atoms with Gasteiger partial charge in [-0.2, -0.15) is 13.2 Å². The van der Waals surface area contributed by atoms with Crippen LogP contribution in [0.1, 0.15) is 30.3 Å². The third kappa shape index (κ3) is 2.86. The molecular weight excluding hydrogens is 299 g/mol. The van der Waals surface area contributed by atoms with Crippen molar-refractivity contribution in [3.63, 3.8) is 0 Å². The summed E-state index contributed by atoms with van der Waals surface area (Å²) < 4.78 is 39.1. The van der Waals surface area contributed by atoms with Crippen LogP contribution in [0.4, 0.5) is 19.0 Å². The molecule has 1 saturated carbocycles. The molecule has 5 nitrogen and oxygen atoms in total. The average molecular weight is 315 g/mol. The van der Waals surface area contributed by atoms with Gasteiger partial charge in [0.25, 0.3) is 0 Å². The Balaban J connectivity index is 1.88. The van der Waals surface area contributed by atoms with Crippen LogP contribution >= 0.6 is 0 Å². The normalized spacial score (nSPS) is 25.5. The zero-order chi connectivity index (χ0) is 16.1. The molecule has 0 aromatic carbocycles. The zero-order valence-electron chi connectivity index (χ0n) is 12.0. The van der Waals surface area contributed by atoms with Gasteiger partial charge < -0.3 is 10.0 Å². The smallest absolute Gasteiger partial charge is 0.394 e. The second-order valence-corrected chi connectivity index (χ2v) is 6.00. The first kappa shape index (κ1) is 15.1. The lowest BCUT2D eigenvalue weighted by atomic mass is 9.96. The third-order valence-electron chi connectivity index (χ3n) is 4.18. The quantitative estimate of drug-likeness (QED) is 0.927. The number of carboxylic acids is 1. The highest BCUT2D eigenvalue weighted by molar-refractivity contribution is 5.72. The zero-order valence-corrected chi connectivity index (χ0v) is 12.0. The lowest BCUT2D eigenvalue weighted by Crippen LogP contribution is -2.33. The predicted molar refractivity (Wildman–Crippen MR) is 71.6 cm³/mol. The van der Waals surface area contributed by atoms with E-state index in [1.54, 1.807) is 13.0 Å². The molecular formula is C14H16F3N3O2. The number of aromatic nitrogens is 2. The molecule has 1 aliphatic carbocycles. The van der Waals surface area contributed by atoms with Crippen molar-refractivity contribution in [3.05, 3.63) is 17.6 Å². The molecule has 2 atom stereocenters. The standard InChI is InChI=1S/C14H16F3N3O2/c1-7-4-11(19-12(18-7)8-2-3-8)20-5-9(13(21)22)10(6-20)14(15,16)17/h4,8-10H,2-3,5-6H2,1H3,(H,21,22)/t9-,10-/m1/s1. The van der Waals surface area contributed by atoms with E-state index in [-0.39, 0.29) is 19.0 Å². The molecule has 3 rings (SSSR count). The van der Waals surface area contributed by atoms with Gasteiger partial charge in [0.15, 0.2) is 0 Å². The number of carboxylic acid groups (broad SMARTS) is 1. The topological polar surface area (TPSA) is 66.3 Å². The van der Waals surface area contributed by atoms with Crippen LogP contribution in [0.25, 0.3) is 0 Å². The van der Waals surface area contributed by atoms with E-state index in [2.05, 4.69) is 9.97 Å². The van der Waals surface area contributed by atoms with Crippen LogP contribution in [-0.4, -0.2) is 40.3 Å². The molecule has 1 aliphatic heterocycles. The van der Waals surface area contributed by atoms with Gasteiger partial charge >= 0.3 is 12.1 Å². The van der Waals surface area contributed by atoms with Crippen molar-refractivity contribution in [1.29, 1.82) is 0 Å². The number of rotatable bonds is 3. The predicted octanol–water partition coefficient (Wildman–Crippen LogP) is 2.36. The molecule has 1 aromatic heterocycles. The van der Waals surface area contributed by atoms with Crippen molar-refractivity contribution in [2.45, 2.75) is 31.9 Å². The van der Waals surface area contributed by atoms with Crippen molar-refractivity contribution >= 4 is 11.8 Å². The summed E-state index contributed by atoms with van der Waals surface area (Å²) in [5.41, 5.74) is 0.689. The van der Waals surface area contributed by atoms with Gasteiger partial charge in [0.05, 0.1) is 11.8 Å². The van der Waals surface area contributed by atoms with Crippen molar-refractivity contribution in [3.8, 4) is 0 Å². The van der Waals surface area contributed by atoms with E-state index in [1.807, 2.05) is 0 Å². The first-order valence-electron chi connectivity index (χ1n) is 7.15. The Hall–Kier alpha value is -1.86. The van der Waals surface area contributed by atoms with Crippen LogP contribution in [-0.2, 0) is 4.79 Å². The molecule has 0 spiro atoms. The number of hydrogen-bond acceptors (Lipinski definition) is 4. The molecule has 2 aliphatic rings. The first-order chi connectivity index (χ1) is 10.3. The summed E-state index contributed by atoms with van der Waals surface area (Å²) in [4.78, 5) is 21.2. The SMILES string of the molecule is Cc1cc(N2C[C@@H](C(F)(F)F)[C@H](C(=O)O)C2)nc(C2CC2)n1. The van der Waals surface area contributed by atoms with Crippen molar-refractivity contribution in [1.82, 2.24) is 9.97 Å². The Labute approximate surface area is 125 Å². The van der Waals surface area contributed by atoms with Gasteiger partial charge in [0.1, 0.15) is 11.6 Å². The highest BCUT2D eigenvalue weighted by atomic mass is 19.4. The minimum atomic E-state index is -4.53. The summed E-state index contributed by atoms with van der Waals surface area (Å²) in [7, 11) is 0. The highest BCUT2D eigenvalue weighted by Gasteiger charge is 2.53. The number of alkyl halides is 3. The monoisotopic (exact) mass is 315 g/mol. The summed E-state index contributed by atoms with van der Waals surface area (Å²) in [6, 6.07) is 1.61. The number of hydrogen-bond donors (Lipinski definition) is 1. The summed E-state index contributed by atoms with van der Waals surface area (Å²) in [5.74, 6) is -3.41. The van der Waals surface area contributed by atoms with Gasteiger partial charge in [-0.3, -0.25) is 4.79 Å². The molecule has 1 N–H and O–H groups in total. The Morgan fingerprint density at radius 1 is 1.32 bits per heavy atom. The third-order valence-corrected chi connectivity index (χ3v) is 4.18. The van der Waals surface area contributed by atoms with Gasteiger partial charge in [-0.25, -0.2) is 9.97 Å². The van der Waals surface area contributed by atoms with Crippen LogP contribution in [0.15, 0.2) is 6.07 Å². The van der Waals surface area contributed by atoms with Crippen LogP contribution in [0.3, 0.4) is 0 Å². The maximum absolute atomic E-state index is 13.0. The van der Waals surface area contributed by atoms with E-state index < -0.39 is 24.0 Å². The van der Waals surface area contributed by atoms with Crippen molar-refractivity contribution in [2.75, 3.05) is 18.0 Å². The van der Waals surface area contributed by atoms with Gasteiger partial charge in [-0.15, -0.1) is 0 Å². The second kappa shape index (κ2) is 5.10. The largest absolute Gasteiger partial charge is 0.481 e. The molecule has 1 saturated heterocycles. The summed E-state index contributed by atoms with van der Waals surface area (Å²) in [5, 5.41) is 9.06. The number of nitrogens with zero attached hydrogens (tertiary/aromatic N) is 3. The second-order valence-electron chi connectivity index (χ2n) is 6.00. The van der Waals surface area contributed by atoms with E-state index in [0.717, 1.165) is 12.8 Å². The fourth-order valence-electron chi connectivity index (χ4n) is 2.83. The maximum atomic E-state index is 13.0. The fourth-order valence-corrected chi connectivity index (χ4v) is 2.83. The minimum Gasteiger partial charge on any atom is -0.481 e. The number of carbonyl (C=O) groups is 1. The van der Waals surface area contributed by atoms with Gasteiger partial charge in [0.2, 0.25) is 0 Å². The minimum absolute atomic E-state index is 0.180. The van der Waals surface area contributed by atoms with E-state index in [1.165, 1.54) is 4.90 Å². The molecule has 2 fully saturated rings. The van der Waals surface area contributed by atoms with E-state index in [0.29, 0.717) is 17.3 Å². The molecule has 22 heavy (non-hydrogen) atoms. The highest BCUT2D eigenvalue weighted by Crippen LogP contribution is 2.41. The Kier molecular flexibility index (Phi) is 3.49.